The number of hydrogen-bond acceptors (Lipinski definition) is 8. The first-order valence-corrected chi connectivity index (χ1v) is 12.4. The van der Waals surface area contributed by atoms with Crippen LogP contribution in [0.15, 0.2) is 59.5 Å². The molecule has 0 bridgehead atoms. The lowest BCUT2D eigenvalue weighted by Crippen LogP contribution is -2.38. The normalized spacial score (nSPS) is 10.9. The van der Waals surface area contributed by atoms with Crippen molar-refractivity contribution in [2.45, 2.75) is 18.7 Å². The van der Waals surface area contributed by atoms with Gasteiger partial charge in [-0.05, 0) is 55.3 Å². The zero-order valence-electron chi connectivity index (χ0n) is 21.0. The number of methoxy groups -OCH3 is 3. The highest BCUT2D eigenvalue weighted by Crippen LogP contribution is 2.33. The van der Waals surface area contributed by atoms with Crippen LogP contribution in [0.4, 0.5) is 17.1 Å². The number of anilines is 2. The standard InChI is InChI=1S/C25H27N3O8S/c1-16-10-17(2)12-19(11-16)27(37(32,33)20-7-9-23(35-4)24(14-20)36-5)15-25(29)26-21-13-18(28(30)31)6-8-22(21)34-3/h6-14H,15H2,1-5H3,(H,26,29). The molecule has 3 rings (SSSR count). The molecule has 0 fully saturated rings. The number of carbonyl (C=O) groups is 1. The summed E-state index contributed by atoms with van der Waals surface area (Å²) in [5.41, 5.74) is 1.63. The van der Waals surface area contributed by atoms with Gasteiger partial charge in [0, 0.05) is 18.2 Å². The Bertz CT molecular complexity index is 1420. The minimum Gasteiger partial charge on any atom is -0.495 e. The second kappa shape index (κ2) is 11.2. The van der Waals surface area contributed by atoms with Crippen LogP contribution in [0.2, 0.25) is 0 Å². The Balaban J connectivity index is 2.05. The van der Waals surface area contributed by atoms with Crippen LogP contribution in [-0.2, 0) is 14.8 Å². The Morgan fingerprint density at radius 2 is 1.49 bits per heavy atom. The van der Waals surface area contributed by atoms with Crippen molar-refractivity contribution in [2.75, 3.05) is 37.5 Å². The zero-order valence-corrected chi connectivity index (χ0v) is 21.8. The molecular formula is C25H27N3O8S. The Morgan fingerprint density at radius 1 is 0.892 bits per heavy atom. The quantitative estimate of drug-likeness (QED) is 0.306. The fourth-order valence-corrected chi connectivity index (χ4v) is 5.16. The predicted molar refractivity (Wildman–Crippen MR) is 138 cm³/mol. The molecule has 0 aromatic heterocycles. The third-order valence-electron chi connectivity index (χ3n) is 5.39. The van der Waals surface area contributed by atoms with Crippen LogP contribution in [0, 0.1) is 24.0 Å². The lowest BCUT2D eigenvalue weighted by molar-refractivity contribution is -0.384. The van der Waals surface area contributed by atoms with Crippen molar-refractivity contribution in [1.82, 2.24) is 0 Å². The van der Waals surface area contributed by atoms with E-state index in [1.165, 1.54) is 51.7 Å². The summed E-state index contributed by atoms with van der Waals surface area (Å²) in [5.74, 6) is -0.00806. The van der Waals surface area contributed by atoms with E-state index in [-0.39, 0.29) is 33.5 Å². The van der Waals surface area contributed by atoms with Crippen molar-refractivity contribution in [3.63, 3.8) is 0 Å². The number of nitrogens with one attached hydrogen (secondary N) is 1. The SMILES string of the molecule is COc1ccc([N+](=O)[O-])cc1NC(=O)CN(c1cc(C)cc(C)c1)S(=O)(=O)c1ccc(OC)c(OC)c1. The number of aryl methyl sites for hydroxylation is 2. The van der Waals surface area contributed by atoms with Crippen molar-refractivity contribution >= 4 is 33.0 Å². The van der Waals surface area contributed by atoms with E-state index in [4.69, 9.17) is 14.2 Å². The summed E-state index contributed by atoms with van der Waals surface area (Å²) in [5, 5.41) is 13.7. The molecule has 0 atom stereocenters. The average Bonchev–Trinajstić information content (AvgIpc) is 2.85. The van der Waals surface area contributed by atoms with Crippen molar-refractivity contribution in [1.29, 1.82) is 0 Å². The lowest BCUT2D eigenvalue weighted by Gasteiger charge is -2.25. The fraction of sp³-hybridized carbons (Fsp3) is 0.240. The maximum atomic E-state index is 13.8. The van der Waals surface area contributed by atoms with Crippen molar-refractivity contribution in [3.8, 4) is 17.2 Å². The summed E-state index contributed by atoms with van der Waals surface area (Å²) in [7, 11) is -0.109. The van der Waals surface area contributed by atoms with Crippen LogP contribution >= 0.6 is 0 Å². The van der Waals surface area contributed by atoms with Gasteiger partial charge in [-0.3, -0.25) is 19.2 Å². The molecule has 0 saturated carbocycles. The number of nitro groups is 1. The van der Waals surface area contributed by atoms with Gasteiger partial charge in [0.05, 0.1) is 42.5 Å². The summed E-state index contributed by atoms with van der Waals surface area (Å²) in [6, 6.07) is 13.0. The summed E-state index contributed by atoms with van der Waals surface area (Å²) < 4.78 is 44.2. The molecule has 0 unspecified atom stereocenters. The molecule has 0 aliphatic rings. The second-order valence-electron chi connectivity index (χ2n) is 8.06. The van der Waals surface area contributed by atoms with E-state index in [2.05, 4.69) is 5.32 Å². The van der Waals surface area contributed by atoms with Crippen LogP contribution in [0.25, 0.3) is 0 Å². The van der Waals surface area contributed by atoms with Crippen molar-refractivity contribution < 1.29 is 32.3 Å². The highest BCUT2D eigenvalue weighted by atomic mass is 32.2. The van der Waals surface area contributed by atoms with E-state index in [1.54, 1.807) is 12.1 Å². The number of benzene rings is 3. The maximum Gasteiger partial charge on any atom is 0.271 e. The molecule has 12 heteroatoms. The zero-order chi connectivity index (χ0) is 27.3. The van der Waals surface area contributed by atoms with Crippen molar-refractivity contribution in [3.05, 3.63) is 75.8 Å². The van der Waals surface area contributed by atoms with Gasteiger partial charge in [-0.15, -0.1) is 0 Å². The summed E-state index contributed by atoms with van der Waals surface area (Å²) in [6.45, 7) is 3.00. The van der Waals surface area contributed by atoms with Gasteiger partial charge in [0.1, 0.15) is 12.3 Å². The molecule has 0 radical (unpaired) electrons. The smallest absolute Gasteiger partial charge is 0.271 e. The van der Waals surface area contributed by atoms with Crippen LogP contribution in [0.3, 0.4) is 0 Å². The summed E-state index contributed by atoms with van der Waals surface area (Å²) in [6.07, 6.45) is 0. The molecule has 37 heavy (non-hydrogen) atoms. The summed E-state index contributed by atoms with van der Waals surface area (Å²) in [4.78, 5) is 23.6. The van der Waals surface area contributed by atoms with E-state index in [1.807, 2.05) is 19.9 Å². The van der Waals surface area contributed by atoms with Gasteiger partial charge < -0.3 is 19.5 Å². The fourth-order valence-electron chi connectivity index (χ4n) is 3.74. The van der Waals surface area contributed by atoms with Gasteiger partial charge >= 0.3 is 0 Å². The number of amides is 1. The highest BCUT2D eigenvalue weighted by Gasteiger charge is 2.29. The predicted octanol–water partition coefficient (Wildman–Crippen LogP) is 4.07. The second-order valence-corrected chi connectivity index (χ2v) is 9.93. The average molecular weight is 530 g/mol. The number of sulfonamides is 1. The Labute approximate surface area is 214 Å². The minimum absolute atomic E-state index is 0.0330. The Hall–Kier alpha value is -4.32. The van der Waals surface area contributed by atoms with Crippen LogP contribution in [-0.4, -0.2) is 47.1 Å². The number of ether oxygens (including phenoxy) is 3. The molecule has 3 aromatic carbocycles. The Kier molecular flexibility index (Phi) is 8.23. The molecule has 0 aliphatic heterocycles. The van der Waals surface area contributed by atoms with Crippen LogP contribution < -0.4 is 23.8 Å². The molecule has 0 aliphatic carbocycles. The van der Waals surface area contributed by atoms with E-state index >= 15 is 0 Å². The molecule has 3 aromatic rings. The van der Waals surface area contributed by atoms with Gasteiger partial charge in [0.2, 0.25) is 5.91 Å². The molecule has 0 saturated heterocycles. The maximum absolute atomic E-state index is 13.8. The first kappa shape index (κ1) is 27.3. The first-order valence-electron chi connectivity index (χ1n) is 11.0. The molecule has 1 amide bonds. The monoisotopic (exact) mass is 529 g/mol. The van der Waals surface area contributed by atoms with E-state index in [0.29, 0.717) is 5.75 Å². The van der Waals surface area contributed by atoms with Gasteiger partial charge in [0.15, 0.2) is 11.5 Å². The third kappa shape index (κ3) is 6.09. The van der Waals surface area contributed by atoms with Crippen LogP contribution in [0.5, 0.6) is 17.2 Å². The van der Waals surface area contributed by atoms with Crippen molar-refractivity contribution in [2.24, 2.45) is 0 Å². The van der Waals surface area contributed by atoms with E-state index in [0.717, 1.165) is 21.5 Å². The number of nitro benzene ring substituents is 1. The largest absolute Gasteiger partial charge is 0.495 e. The van der Waals surface area contributed by atoms with Gasteiger partial charge in [-0.2, -0.15) is 0 Å². The minimum atomic E-state index is -4.27. The van der Waals surface area contributed by atoms with Gasteiger partial charge in [-0.1, -0.05) is 6.07 Å². The molecule has 1 N–H and O–H groups in total. The summed E-state index contributed by atoms with van der Waals surface area (Å²) >= 11 is 0. The van der Waals surface area contributed by atoms with Gasteiger partial charge in [0.25, 0.3) is 15.7 Å². The number of nitrogens with zero attached hydrogens (tertiary/aromatic N) is 2. The Morgan fingerprint density at radius 3 is 2.05 bits per heavy atom. The van der Waals surface area contributed by atoms with E-state index in [9.17, 15) is 23.3 Å². The molecule has 0 heterocycles. The first-order chi connectivity index (χ1) is 17.5. The number of rotatable bonds is 10. The number of non-ortho nitro benzene ring substituents is 1. The van der Waals surface area contributed by atoms with Gasteiger partial charge in [-0.25, -0.2) is 8.42 Å². The molecular weight excluding hydrogens is 502 g/mol. The van der Waals surface area contributed by atoms with Crippen LogP contribution in [0.1, 0.15) is 11.1 Å². The van der Waals surface area contributed by atoms with E-state index < -0.39 is 27.4 Å². The molecule has 11 nitrogen and oxygen atoms in total. The number of hydrogen-bond donors (Lipinski definition) is 1. The topological polar surface area (TPSA) is 137 Å². The molecule has 0 spiro atoms. The highest BCUT2D eigenvalue weighted by molar-refractivity contribution is 7.92. The number of carbonyl (C=O) groups excluding carboxylic acids is 1. The third-order valence-corrected chi connectivity index (χ3v) is 7.16. The molecule has 196 valence electrons. The lowest BCUT2D eigenvalue weighted by atomic mass is 10.1.